The van der Waals surface area contributed by atoms with E-state index in [0.717, 1.165) is 17.8 Å². The van der Waals surface area contributed by atoms with Crippen LogP contribution >= 0.6 is 0 Å². The molecule has 0 aromatic heterocycles. The lowest BCUT2D eigenvalue weighted by molar-refractivity contribution is 0.0697. The molecule has 1 heterocycles. The number of carboxylic acid groups (broad SMARTS) is 1. The number of carbonyl (C=O) groups is 1. The number of fused-ring (bicyclic) bond motifs is 1. The zero-order valence-corrected chi connectivity index (χ0v) is 7.37. The minimum atomic E-state index is -0.859. The largest absolute Gasteiger partial charge is 0.478 e. The molecule has 0 radical (unpaired) electrons. The SMILES string of the molecule is CC1CNc2ccc(C(=O)O)cc21. The second-order valence-electron chi connectivity index (χ2n) is 3.39. The Morgan fingerprint density at radius 3 is 3.08 bits per heavy atom. The molecule has 0 spiro atoms. The summed E-state index contributed by atoms with van der Waals surface area (Å²) in [6, 6.07) is 5.22. The molecule has 1 aliphatic heterocycles. The van der Waals surface area contributed by atoms with E-state index in [1.165, 1.54) is 0 Å². The summed E-state index contributed by atoms with van der Waals surface area (Å²) in [5.74, 6) is -0.448. The van der Waals surface area contributed by atoms with Crippen LogP contribution in [0.1, 0.15) is 28.8 Å². The number of hydrogen-bond donors (Lipinski definition) is 2. The minimum Gasteiger partial charge on any atom is -0.478 e. The van der Waals surface area contributed by atoms with Crippen LogP contribution in [0.5, 0.6) is 0 Å². The van der Waals surface area contributed by atoms with Crippen molar-refractivity contribution in [2.24, 2.45) is 0 Å². The summed E-state index contributed by atoms with van der Waals surface area (Å²) >= 11 is 0. The van der Waals surface area contributed by atoms with Crippen molar-refractivity contribution in [1.82, 2.24) is 0 Å². The van der Waals surface area contributed by atoms with E-state index in [1.807, 2.05) is 6.07 Å². The number of nitrogens with one attached hydrogen (secondary N) is 1. The van der Waals surface area contributed by atoms with Crippen LogP contribution in [0.25, 0.3) is 0 Å². The molecule has 3 nitrogen and oxygen atoms in total. The third-order valence-corrected chi connectivity index (χ3v) is 2.43. The average Bonchev–Trinajstić information content (AvgIpc) is 2.47. The van der Waals surface area contributed by atoms with Gasteiger partial charge in [-0.05, 0) is 23.8 Å². The first-order valence-corrected chi connectivity index (χ1v) is 4.29. The lowest BCUT2D eigenvalue weighted by Gasteiger charge is -2.03. The van der Waals surface area contributed by atoms with Crippen LogP contribution in [-0.4, -0.2) is 17.6 Å². The van der Waals surface area contributed by atoms with E-state index in [0.29, 0.717) is 11.5 Å². The van der Waals surface area contributed by atoms with Crippen LogP contribution in [0.4, 0.5) is 5.69 Å². The fourth-order valence-electron chi connectivity index (χ4n) is 1.64. The van der Waals surface area contributed by atoms with Gasteiger partial charge in [0.2, 0.25) is 0 Å². The Kier molecular flexibility index (Phi) is 1.72. The number of anilines is 1. The quantitative estimate of drug-likeness (QED) is 0.689. The van der Waals surface area contributed by atoms with Gasteiger partial charge in [0.25, 0.3) is 0 Å². The number of benzene rings is 1. The number of carboxylic acids is 1. The predicted molar refractivity (Wildman–Crippen MR) is 50.3 cm³/mol. The van der Waals surface area contributed by atoms with E-state index in [1.54, 1.807) is 12.1 Å². The molecule has 1 atom stereocenters. The van der Waals surface area contributed by atoms with E-state index >= 15 is 0 Å². The van der Waals surface area contributed by atoms with E-state index in [-0.39, 0.29) is 0 Å². The van der Waals surface area contributed by atoms with E-state index < -0.39 is 5.97 Å². The molecule has 0 saturated heterocycles. The standard InChI is InChI=1S/C10H11NO2/c1-6-5-11-9-3-2-7(10(12)13)4-8(6)9/h2-4,6,11H,5H2,1H3,(H,12,13). The predicted octanol–water partition coefficient (Wildman–Crippen LogP) is 1.91. The Morgan fingerprint density at radius 2 is 2.38 bits per heavy atom. The van der Waals surface area contributed by atoms with Gasteiger partial charge in [0.15, 0.2) is 0 Å². The molecule has 13 heavy (non-hydrogen) atoms. The molecule has 1 aliphatic rings. The van der Waals surface area contributed by atoms with Gasteiger partial charge in [0, 0.05) is 18.2 Å². The van der Waals surface area contributed by atoms with Gasteiger partial charge in [-0.25, -0.2) is 4.79 Å². The molecule has 1 unspecified atom stereocenters. The molecule has 0 aliphatic carbocycles. The van der Waals surface area contributed by atoms with Gasteiger partial charge in [-0.3, -0.25) is 0 Å². The highest BCUT2D eigenvalue weighted by atomic mass is 16.4. The summed E-state index contributed by atoms with van der Waals surface area (Å²) in [7, 11) is 0. The first kappa shape index (κ1) is 8.10. The second-order valence-corrected chi connectivity index (χ2v) is 3.39. The zero-order chi connectivity index (χ0) is 9.42. The Balaban J connectivity index is 2.47. The van der Waals surface area contributed by atoms with Crippen molar-refractivity contribution in [2.75, 3.05) is 11.9 Å². The van der Waals surface area contributed by atoms with Crippen molar-refractivity contribution >= 4 is 11.7 Å². The number of hydrogen-bond acceptors (Lipinski definition) is 2. The Bertz CT molecular complexity index is 360. The van der Waals surface area contributed by atoms with Gasteiger partial charge in [-0.2, -0.15) is 0 Å². The van der Waals surface area contributed by atoms with Crippen LogP contribution in [0, 0.1) is 0 Å². The first-order chi connectivity index (χ1) is 6.18. The van der Waals surface area contributed by atoms with Gasteiger partial charge in [0.1, 0.15) is 0 Å². The van der Waals surface area contributed by atoms with Crippen LogP contribution < -0.4 is 5.32 Å². The highest BCUT2D eigenvalue weighted by molar-refractivity contribution is 5.88. The molecule has 1 aromatic rings. The summed E-state index contributed by atoms with van der Waals surface area (Å²) in [6.07, 6.45) is 0. The summed E-state index contributed by atoms with van der Waals surface area (Å²) in [4.78, 5) is 10.7. The first-order valence-electron chi connectivity index (χ1n) is 4.29. The third kappa shape index (κ3) is 1.26. The summed E-state index contributed by atoms with van der Waals surface area (Å²) in [5.41, 5.74) is 2.55. The van der Waals surface area contributed by atoms with Crippen molar-refractivity contribution in [3.05, 3.63) is 29.3 Å². The molecule has 3 heteroatoms. The summed E-state index contributed by atoms with van der Waals surface area (Å²) in [6.45, 7) is 2.99. The maximum Gasteiger partial charge on any atom is 0.335 e. The maximum absolute atomic E-state index is 10.7. The van der Waals surface area contributed by atoms with Gasteiger partial charge >= 0.3 is 5.97 Å². The Morgan fingerprint density at radius 1 is 1.62 bits per heavy atom. The van der Waals surface area contributed by atoms with Crippen molar-refractivity contribution in [3.63, 3.8) is 0 Å². The summed E-state index contributed by atoms with van der Waals surface area (Å²) < 4.78 is 0. The van der Waals surface area contributed by atoms with Crippen molar-refractivity contribution < 1.29 is 9.90 Å². The monoisotopic (exact) mass is 177 g/mol. The molecule has 0 fully saturated rings. The van der Waals surface area contributed by atoms with Crippen LogP contribution in [-0.2, 0) is 0 Å². The molecular weight excluding hydrogens is 166 g/mol. The minimum absolute atomic E-state index is 0.370. The lowest BCUT2D eigenvalue weighted by atomic mass is 10.0. The second kappa shape index (κ2) is 2.76. The number of rotatable bonds is 1. The van der Waals surface area contributed by atoms with Crippen molar-refractivity contribution in [3.8, 4) is 0 Å². The highest BCUT2D eigenvalue weighted by Crippen LogP contribution is 2.31. The summed E-state index contributed by atoms with van der Waals surface area (Å²) in [5, 5.41) is 12.0. The molecule has 2 rings (SSSR count). The highest BCUT2D eigenvalue weighted by Gasteiger charge is 2.19. The lowest BCUT2D eigenvalue weighted by Crippen LogP contribution is -1.97. The topological polar surface area (TPSA) is 49.3 Å². The van der Waals surface area contributed by atoms with Gasteiger partial charge < -0.3 is 10.4 Å². The Hall–Kier alpha value is -1.51. The molecule has 1 aromatic carbocycles. The maximum atomic E-state index is 10.7. The van der Waals surface area contributed by atoms with Crippen LogP contribution in [0.2, 0.25) is 0 Å². The van der Waals surface area contributed by atoms with Crippen molar-refractivity contribution in [1.29, 1.82) is 0 Å². The number of aromatic carboxylic acids is 1. The zero-order valence-electron chi connectivity index (χ0n) is 7.37. The van der Waals surface area contributed by atoms with E-state index in [4.69, 9.17) is 5.11 Å². The van der Waals surface area contributed by atoms with Crippen molar-refractivity contribution in [2.45, 2.75) is 12.8 Å². The Labute approximate surface area is 76.4 Å². The fraction of sp³-hybridized carbons (Fsp3) is 0.300. The van der Waals surface area contributed by atoms with Crippen LogP contribution in [0.15, 0.2) is 18.2 Å². The third-order valence-electron chi connectivity index (χ3n) is 2.43. The molecule has 0 amide bonds. The van der Waals surface area contributed by atoms with Gasteiger partial charge in [-0.15, -0.1) is 0 Å². The van der Waals surface area contributed by atoms with E-state index in [2.05, 4.69) is 12.2 Å². The molecule has 0 saturated carbocycles. The smallest absolute Gasteiger partial charge is 0.335 e. The molecule has 0 bridgehead atoms. The van der Waals surface area contributed by atoms with Gasteiger partial charge in [0.05, 0.1) is 5.56 Å². The molecule has 2 N–H and O–H groups in total. The van der Waals surface area contributed by atoms with E-state index in [9.17, 15) is 4.79 Å². The van der Waals surface area contributed by atoms with Crippen LogP contribution in [0.3, 0.4) is 0 Å². The normalized spacial score (nSPS) is 19.3. The fourth-order valence-corrected chi connectivity index (χ4v) is 1.64. The van der Waals surface area contributed by atoms with Gasteiger partial charge in [-0.1, -0.05) is 6.92 Å². The average molecular weight is 177 g/mol. The molecule has 68 valence electrons. The molecular formula is C10H11NO2.